The van der Waals surface area contributed by atoms with E-state index < -0.39 is 0 Å². The van der Waals surface area contributed by atoms with Crippen molar-refractivity contribution in [3.05, 3.63) is 83.6 Å². The smallest absolute Gasteiger partial charge is 0.135 e. The van der Waals surface area contributed by atoms with Gasteiger partial charge in [-0.1, -0.05) is 60.4 Å². The fourth-order valence-electron chi connectivity index (χ4n) is 2.45. The second-order valence-corrected chi connectivity index (χ2v) is 5.44. The Balaban J connectivity index is 1.92. The average Bonchev–Trinajstić information content (AvgIpc) is 3.05. The number of unbranched alkanes of at least 4 members (excludes halogenated alkanes) is 1. The first kappa shape index (κ1) is 15.7. The average molecular weight is 311 g/mol. The van der Waals surface area contributed by atoms with Gasteiger partial charge in [0.05, 0.1) is 11.6 Å². The minimum Gasteiger partial charge on any atom is -0.460 e. The van der Waals surface area contributed by atoms with Crippen LogP contribution in [0.25, 0.3) is 11.3 Å². The Bertz CT molecular complexity index is 890. The molecule has 0 unspecified atom stereocenters. The normalized spacial score (nSPS) is 9.79. The van der Waals surface area contributed by atoms with E-state index in [1.807, 2.05) is 66.7 Å². The summed E-state index contributed by atoms with van der Waals surface area (Å²) in [6, 6.07) is 24.1. The van der Waals surface area contributed by atoms with Crippen molar-refractivity contribution in [1.82, 2.24) is 0 Å². The van der Waals surface area contributed by atoms with Gasteiger partial charge >= 0.3 is 0 Å². The van der Waals surface area contributed by atoms with Gasteiger partial charge in [-0.05, 0) is 18.6 Å². The SMILES string of the molecule is N#CCCCc1oc(-c2ccccc2)cc1C#Cc1ccccc1. The van der Waals surface area contributed by atoms with Gasteiger partial charge in [-0.3, -0.25) is 0 Å². The minimum atomic E-state index is 0.521. The molecule has 0 saturated heterocycles. The topological polar surface area (TPSA) is 36.9 Å². The summed E-state index contributed by atoms with van der Waals surface area (Å²) >= 11 is 0. The van der Waals surface area contributed by atoms with Gasteiger partial charge in [-0.2, -0.15) is 5.26 Å². The predicted molar refractivity (Wildman–Crippen MR) is 95.1 cm³/mol. The summed E-state index contributed by atoms with van der Waals surface area (Å²) in [5.74, 6) is 8.08. The van der Waals surface area contributed by atoms with Gasteiger partial charge in [-0.25, -0.2) is 0 Å². The van der Waals surface area contributed by atoms with Gasteiger partial charge in [-0.15, -0.1) is 0 Å². The lowest BCUT2D eigenvalue weighted by Crippen LogP contribution is -1.85. The summed E-state index contributed by atoms with van der Waals surface area (Å²) in [6.45, 7) is 0. The lowest BCUT2D eigenvalue weighted by molar-refractivity contribution is 0.514. The van der Waals surface area contributed by atoms with Gasteiger partial charge in [0.1, 0.15) is 11.5 Å². The first-order valence-corrected chi connectivity index (χ1v) is 7.99. The van der Waals surface area contributed by atoms with Gasteiger partial charge in [0.25, 0.3) is 0 Å². The third-order valence-corrected chi connectivity index (χ3v) is 3.68. The summed E-state index contributed by atoms with van der Waals surface area (Å²) in [5.41, 5.74) is 2.91. The largest absolute Gasteiger partial charge is 0.460 e. The lowest BCUT2D eigenvalue weighted by atomic mass is 10.1. The monoisotopic (exact) mass is 311 g/mol. The van der Waals surface area contributed by atoms with Crippen molar-refractivity contribution in [2.75, 3.05) is 0 Å². The van der Waals surface area contributed by atoms with Crippen molar-refractivity contribution in [1.29, 1.82) is 5.26 Å². The highest BCUT2D eigenvalue weighted by Gasteiger charge is 2.11. The van der Waals surface area contributed by atoms with Crippen LogP contribution in [0.1, 0.15) is 29.7 Å². The van der Waals surface area contributed by atoms with Gasteiger partial charge < -0.3 is 4.42 Å². The highest BCUT2D eigenvalue weighted by Crippen LogP contribution is 2.26. The number of hydrogen-bond acceptors (Lipinski definition) is 2. The van der Waals surface area contributed by atoms with Gasteiger partial charge in [0.15, 0.2) is 0 Å². The van der Waals surface area contributed by atoms with E-state index in [1.165, 1.54) is 0 Å². The summed E-state index contributed by atoms with van der Waals surface area (Å²) in [4.78, 5) is 0. The maximum absolute atomic E-state index is 8.74. The molecule has 0 bridgehead atoms. The summed E-state index contributed by atoms with van der Waals surface area (Å²) < 4.78 is 6.02. The highest BCUT2D eigenvalue weighted by atomic mass is 16.3. The fourth-order valence-corrected chi connectivity index (χ4v) is 2.45. The quantitative estimate of drug-likeness (QED) is 0.491. The number of nitriles is 1. The Hall–Kier alpha value is -3.23. The highest BCUT2D eigenvalue weighted by molar-refractivity contribution is 5.61. The number of hydrogen-bond donors (Lipinski definition) is 0. The molecule has 116 valence electrons. The van der Waals surface area contributed by atoms with Gasteiger partial charge in [0.2, 0.25) is 0 Å². The zero-order valence-corrected chi connectivity index (χ0v) is 13.3. The molecule has 0 aliphatic heterocycles. The number of aryl methyl sites for hydroxylation is 1. The molecule has 3 rings (SSSR count). The van der Waals surface area contributed by atoms with E-state index >= 15 is 0 Å². The van der Waals surface area contributed by atoms with Gasteiger partial charge in [0, 0.05) is 30.0 Å². The zero-order valence-electron chi connectivity index (χ0n) is 13.3. The fraction of sp³-hybridized carbons (Fsp3) is 0.136. The molecular weight excluding hydrogens is 294 g/mol. The first-order valence-electron chi connectivity index (χ1n) is 7.99. The molecule has 2 heteroatoms. The van der Waals surface area contributed by atoms with E-state index in [1.54, 1.807) is 0 Å². The molecule has 0 N–H and O–H groups in total. The van der Waals surface area contributed by atoms with Crippen LogP contribution in [0.3, 0.4) is 0 Å². The molecule has 0 amide bonds. The molecule has 2 aromatic carbocycles. The van der Waals surface area contributed by atoms with Crippen LogP contribution in [-0.2, 0) is 6.42 Å². The van der Waals surface area contributed by atoms with Crippen LogP contribution in [0.15, 0.2) is 71.1 Å². The third-order valence-electron chi connectivity index (χ3n) is 3.68. The van der Waals surface area contributed by atoms with E-state index in [2.05, 4.69) is 17.9 Å². The van der Waals surface area contributed by atoms with E-state index in [0.29, 0.717) is 6.42 Å². The van der Waals surface area contributed by atoms with Crippen LogP contribution in [0.5, 0.6) is 0 Å². The Morgan fingerprint density at radius 3 is 2.29 bits per heavy atom. The summed E-state index contributed by atoms with van der Waals surface area (Å²) in [7, 11) is 0. The molecule has 3 aromatic rings. The maximum Gasteiger partial charge on any atom is 0.135 e. The molecular formula is C22H17NO. The van der Waals surface area contributed by atoms with Crippen LogP contribution < -0.4 is 0 Å². The van der Waals surface area contributed by atoms with E-state index in [-0.39, 0.29) is 0 Å². The number of furan rings is 1. The van der Waals surface area contributed by atoms with E-state index in [0.717, 1.165) is 41.1 Å². The number of nitrogens with zero attached hydrogens (tertiary/aromatic N) is 1. The van der Waals surface area contributed by atoms with E-state index in [9.17, 15) is 0 Å². The van der Waals surface area contributed by atoms with Crippen LogP contribution in [0, 0.1) is 23.2 Å². The maximum atomic E-state index is 8.74. The molecule has 0 saturated carbocycles. The van der Waals surface area contributed by atoms with E-state index in [4.69, 9.17) is 9.68 Å². The molecule has 0 atom stereocenters. The van der Waals surface area contributed by atoms with Crippen LogP contribution in [0.4, 0.5) is 0 Å². The molecule has 0 aliphatic rings. The summed E-state index contributed by atoms with van der Waals surface area (Å²) in [6.07, 6.45) is 2.02. The zero-order chi connectivity index (χ0) is 16.6. The predicted octanol–water partition coefficient (Wildman–Crippen LogP) is 5.19. The molecule has 0 radical (unpaired) electrons. The second-order valence-electron chi connectivity index (χ2n) is 5.44. The lowest BCUT2D eigenvalue weighted by Gasteiger charge is -1.96. The Kier molecular flexibility index (Phi) is 5.13. The molecule has 1 aromatic heterocycles. The van der Waals surface area contributed by atoms with Crippen molar-refractivity contribution in [3.63, 3.8) is 0 Å². The van der Waals surface area contributed by atoms with Crippen molar-refractivity contribution >= 4 is 0 Å². The number of rotatable bonds is 4. The van der Waals surface area contributed by atoms with Crippen molar-refractivity contribution in [3.8, 4) is 29.2 Å². The Morgan fingerprint density at radius 1 is 0.875 bits per heavy atom. The standard InChI is InChI=1S/C22H17NO/c23-16-8-7-13-21-20(15-14-18-9-3-1-4-10-18)17-22(24-21)19-11-5-2-6-12-19/h1-6,9-12,17H,7-8,13H2. The second kappa shape index (κ2) is 7.86. The van der Waals surface area contributed by atoms with Crippen molar-refractivity contribution in [2.24, 2.45) is 0 Å². The van der Waals surface area contributed by atoms with Crippen LogP contribution >= 0.6 is 0 Å². The Morgan fingerprint density at radius 2 is 1.58 bits per heavy atom. The number of benzene rings is 2. The molecule has 0 fully saturated rings. The third kappa shape index (κ3) is 3.94. The molecule has 2 nitrogen and oxygen atoms in total. The molecule has 1 heterocycles. The van der Waals surface area contributed by atoms with Crippen molar-refractivity contribution in [2.45, 2.75) is 19.3 Å². The molecule has 0 spiro atoms. The Labute approximate surface area is 142 Å². The van der Waals surface area contributed by atoms with Crippen LogP contribution in [0.2, 0.25) is 0 Å². The molecule has 0 aliphatic carbocycles. The van der Waals surface area contributed by atoms with Crippen LogP contribution in [-0.4, -0.2) is 0 Å². The first-order chi connectivity index (χ1) is 11.9. The minimum absolute atomic E-state index is 0.521. The molecule has 24 heavy (non-hydrogen) atoms. The summed E-state index contributed by atoms with van der Waals surface area (Å²) in [5, 5.41) is 8.74. The van der Waals surface area contributed by atoms with Crippen molar-refractivity contribution < 1.29 is 4.42 Å².